The van der Waals surface area contributed by atoms with Gasteiger partial charge >= 0.3 is 5.69 Å². The van der Waals surface area contributed by atoms with E-state index in [-0.39, 0.29) is 5.69 Å². The van der Waals surface area contributed by atoms with Crippen LogP contribution in [-0.2, 0) is 7.05 Å². The fraction of sp³-hybridized carbons (Fsp3) is 0.667. The van der Waals surface area contributed by atoms with Gasteiger partial charge in [-0.1, -0.05) is 13.8 Å². The van der Waals surface area contributed by atoms with Crippen LogP contribution in [0.15, 0.2) is 4.79 Å². The van der Waals surface area contributed by atoms with Crippen LogP contribution in [0, 0.1) is 6.92 Å². The van der Waals surface area contributed by atoms with E-state index in [1.807, 2.05) is 13.8 Å². The van der Waals surface area contributed by atoms with Gasteiger partial charge in [-0.2, -0.15) is 0 Å². The van der Waals surface area contributed by atoms with Gasteiger partial charge in [-0.3, -0.25) is 4.57 Å². The second-order valence-corrected chi connectivity index (χ2v) is 2.07. The van der Waals surface area contributed by atoms with E-state index in [4.69, 9.17) is 11.8 Å². The molecule has 0 aliphatic heterocycles. The van der Waals surface area contributed by atoms with Crippen molar-refractivity contribution >= 4 is 11.8 Å². The Bertz CT molecular complexity index is 276. The van der Waals surface area contributed by atoms with Gasteiger partial charge in [-0.25, -0.2) is 4.79 Å². The molecule has 1 aromatic heterocycles. The number of hydrogen-bond donors (Lipinski definition) is 0. The molecule has 5 heteroatoms. The number of rotatable bonds is 0. The average molecular weight is 178 g/mol. The average Bonchev–Trinajstić information content (AvgIpc) is 2.22. The first-order valence-electron chi connectivity index (χ1n) is 3.41. The molecule has 1 aromatic rings. The van der Waals surface area contributed by atoms with Crippen molar-refractivity contribution in [3.63, 3.8) is 0 Å². The van der Waals surface area contributed by atoms with Crippen molar-refractivity contribution in [2.75, 3.05) is 0 Å². The molecule has 0 saturated heterocycles. The summed E-state index contributed by atoms with van der Waals surface area (Å²) in [5, 5.41) is 3.64. The van der Waals surface area contributed by atoms with E-state index in [0.717, 1.165) is 4.20 Å². The monoisotopic (exact) mass is 177 g/mol. The molecule has 0 radical (unpaired) electrons. The Morgan fingerprint density at radius 1 is 1.45 bits per heavy atom. The zero-order chi connectivity index (χ0) is 9.02. The molecular formula is C6H12ClN3O. The lowest BCUT2D eigenvalue weighted by Gasteiger charge is -1.83. The number of aryl methyl sites for hydroxylation is 1. The van der Waals surface area contributed by atoms with Gasteiger partial charge < -0.3 is 0 Å². The first kappa shape index (κ1) is 10.2. The lowest BCUT2D eigenvalue weighted by Crippen LogP contribution is -2.17. The summed E-state index contributed by atoms with van der Waals surface area (Å²) in [6.07, 6.45) is 0. The summed E-state index contributed by atoms with van der Waals surface area (Å²) in [6, 6.07) is 0. The minimum Gasteiger partial charge on any atom is -0.281 e. The van der Waals surface area contributed by atoms with Crippen molar-refractivity contribution in [3.05, 3.63) is 16.3 Å². The third kappa shape index (κ3) is 2.08. The minimum absolute atomic E-state index is 0.311. The van der Waals surface area contributed by atoms with Crippen molar-refractivity contribution in [1.29, 1.82) is 0 Å². The van der Waals surface area contributed by atoms with E-state index in [1.165, 1.54) is 4.57 Å². The molecule has 0 aromatic carbocycles. The van der Waals surface area contributed by atoms with Crippen LogP contribution in [0.4, 0.5) is 0 Å². The first-order chi connectivity index (χ1) is 5.13. The SMILES string of the molecule is CC.Cc1nn(Cl)c(=O)n1C. The molecule has 1 rings (SSSR count). The Hall–Kier alpha value is -0.770. The third-order valence-corrected chi connectivity index (χ3v) is 1.38. The Labute approximate surface area is 70.5 Å². The van der Waals surface area contributed by atoms with Crippen molar-refractivity contribution in [2.45, 2.75) is 20.8 Å². The fourth-order valence-corrected chi connectivity index (χ4v) is 0.722. The van der Waals surface area contributed by atoms with Gasteiger partial charge in [0.25, 0.3) is 0 Å². The van der Waals surface area contributed by atoms with Crippen LogP contribution in [-0.4, -0.2) is 13.9 Å². The second-order valence-electron chi connectivity index (χ2n) is 1.75. The molecule has 0 aliphatic rings. The molecule has 11 heavy (non-hydrogen) atoms. The first-order valence-corrected chi connectivity index (χ1v) is 3.75. The van der Waals surface area contributed by atoms with Gasteiger partial charge in [0.2, 0.25) is 0 Å². The van der Waals surface area contributed by atoms with Crippen molar-refractivity contribution in [3.8, 4) is 0 Å². The Balaban J connectivity index is 0.000000461. The van der Waals surface area contributed by atoms with Gasteiger partial charge in [-0.05, 0) is 6.92 Å². The van der Waals surface area contributed by atoms with Crippen LogP contribution in [0.2, 0.25) is 0 Å². The molecule has 0 atom stereocenters. The van der Waals surface area contributed by atoms with Crippen LogP contribution < -0.4 is 5.69 Å². The van der Waals surface area contributed by atoms with Gasteiger partial charge in [0.15, 0.2) is 0 Å². The summed E-state index contributed by atoms with van der Waals surface area (Å²) < 4.78 is 2.16. The standard InChI is InChI=1S/C4H6ClN3O.C2H6/c1-3-6-8(5)4(9)7(3)2;1-2/h1-2H3;1-2H3. The Morgan fingerprint density at radius 2 is 1.91 bits per heavy atom. The molecule has 64 valence electrons. The molecule has 0 N–H and O–H groups in total. The highest BCUT2D eigenvalue weighted by molar-refractivity contribution is 6.14. The fourth-order valence-electron chi connectivity index (χ4n) is 0.499. The van der Waals surface area contributed by atoms with Crippen LogP contribution in [0.3, 0.4) is 0 Å². The summed E-state index contributed by atoms with van der Waals surface area (Å²) in [7, 11) is 1.61. The predicted molar refractivity (Wildman–Crippen MR) is 44.8 cm³/mol. The molecule has 0 aliphatic carbocycles. The van der Waals surface area contributed by atoms with Crippen molar-refractivity contribution < 1.29 is 0 Å². The normalized spacial score (nSPS) is 8.82. The van der Waals surface area contributed by atoms with E-state index >= 15 is 0 Å². The maximum Gasteiger partial charge on any atom is 0.361 e. The van der Waals surface area contributed by atoms with Gasteiger partial charge in [0.05, 0.1) is 0 Å². The maximum absolute atomic E-state index is 10.7. The highest BCUT2D eigenvalue weighted by Crippen LogP contribution is 1.85. The van der Waals surface area contributed by atoms with E-state index < -0.39 is 0 Å². The molecule has 0 spiro atoms. The van der Waals surface area contributed by atoms with E-state index in [2.05, 4.69) is 5.10 Å². The Morgan fingerprint density at radius 3 is 2.00 bits per heavy atom. The lowest BCUT2D eigenvalue weighted by atomic mass is 10.7. The lowest BCUT2D eigenvalue weighted by molar-refractivity contribution is 0.820. The number of halogens is 1. The quantitative estimate of drug-likeness (QED) is 0.591. The molecule has 0 amide bonds. The molecule has 0 bridgehead atoms. The maximum atomic E-state index is 10.7. The summed E-state index contributed by atoms with van der Waals surface area (Å²) >= 11 is 5.31. The minimum atomic E-state index is -0.311. The van der Waals surface area contributed by atoms with Crippen molar-refractivity contribution in [1.82, 2.24) is 13.9 Å². The topological polar surface area (TPSA) is 39.8 Å². The van der Waals surface area contributed by atoms with Crippen LogP contribution in [0.25, 0.3) is 0 Å². The van der Waals surface area contributed by atoms with E-state index in [9.17, 15) is 4.79 Å². The van der Waals surface area contributed by atoms with Crippen LogP contribution in [0.1, 0.15) is 19.7 Å². The molecular weight excluding hydrogens is 166 g/mol. The second kappa shape index (κ2) is 4.18. The summed E-state index contributed by atoms with van der Waals surface area (Å²) in [5.74, 6) is 0.606. The third-order valence-electron chi connectivity index (χ3n) is 1.16. The molecule has 0 fully saturated rings. The van der Waals surface area contributed by atoms with Crippen molar-refractivity contribution in [2.24, 2.45) is 7.05 Å². The largest absolute Gasteiger partial charge is 0.361 e. The summed E-state index contributed by atoms with van der Waals surface area (Å²) in [6.45, 7) is 5.71. The van der Waals surface area contributed by atoms with Gasteiger partial charge in [0, 0.05) is 18.8 Å². The molecule has 4 nitrogen and oxygen atoms in total. The summed E-state index contributed by atoms with van der Waals surface area (Å²) in [5.41, 5.74) is -0.311. The Kier molecular flexibility index (Phi) is 3.89. The highest BCUT2D eigenvalue weighted by Gasteiger charge is 2.01. The predicted octanol–water partition coefficient (Wildman–Crippen LogP) is 0.918. The molecule has 1 heterocycles. The van der Waals surface area contributed by atoms with E-state index in [0.29, 0.717) is 5.82 Å². The van der Waals surface area contributed by atoms with Crippen LogP contribution in [0.5, 0.6) is 0 Å². The van der Waals surface area contributed by atoms with Crippen LogP contribution >= 0.6 is 11.8 Å². The smallest absolute Gasteiger partial charge is 0.281 e. The number of hydrogen-bond acceptors (Lipinski definition) is 2. The number of nitrogens with zero attached hydrogens (tertiary/aromatic N) is 3. The van der Waals surface area contributed by atoms with Gasteiger partial charge in [-0.15, -0.1) is 9.30 Å². The highest BCUT2D eigenvalue weighted by atomic mass is 35.5. The molecule has 0 saturated carbocycles. The van der Waals surface area contributed by atoms with E-state index in [1.54, 1.807) is 14.0 Å². The zero-order valence-electron chi connectivity index (χ0n) is 7.13. The molecule has 0 unspecified atom stereocenters. The summed E-state index contributed by atoms with van der Waals surface area (Å²) in [4.78, 5) is 10.7. The van der Waals surface area contributed by atoms with Gasteiger partial charge in [0.1, 0.15) is 5.82 Å². The number of aromatic nitrogens is 3. The zero-order valence-corrected chi connectivity index (χ0v) is 7.88.